The molecule has 0 aromatic carbocycles. The monoisotopic (exact) mass is 402 g/mol. The Morgan fingerprint density at radius 3 is 2.69 bits per heavy atom. The summed E-state index contributed by atoms with van der Waals surface area (Å²) < 4.78 is 12.9. The third-order valence-electron chi connectivity index (χ3n) is 9.39. The standard InChI is InChI=1S/C24H34O5/c1-14(2)12-18(25)28-19-15(3)16-6-11-24-22(19,13-16)10-7-17-21(4,20(26)27)8-5-9-23(17,24)29-24/h14,16-17,19H,3,5-13H2,1-2,4H3,(H,26,27). The minimum absolute atomic E-state index is 0.0457. The summed E-state index contributed by atoms with van der Waals surface area (Å²) in [5.41, 5.74) is -0.555. The first kappa shape index (κ1) is 19.6. The van der Waals surface area contributed by atoms with E-state index in [9.17, 15) is 14.7 Å². The van der Waals surface area contributed by atoms with Gasteiger partial charge < -0.3 is 14.6 Å². The fourth-order valence-electron chi connectivity index (χ4n) is 8.14. The maximum absolute atomic E-state index is 12.6. The molecule has 160 valence electrons. The van der Waals surface area contributed by atoms with Gasteiger partial charge in [0, 0.05) is 17.8 Å². The molecule has 1 N–H and O–H groups in total. The molecule has 5 fully saturated rings. The van der Waals surface area contributed by atoms with E-state index < -0.39 is 11.4 Å². The van der Waals surface area contributed by atoms with Crippen LogP contribution < -0.4 is 0 Å². The zero-order valence-corrected chi connectivity index (χ0v) is 18.0. The van der Waals surface area contributed by atoms with Crippen LogP contribution in [0.3, 0.4) is 0 Å². The lowest BCUT2D eigenvalue weighted by Crippen LogP contribution is -2.61. The maximum Gasteiger partial charge on any atom is 0.309 e. The topological polar surface area (TPSA) is 76.1 Å². The van der Waals surface area contributed by atoms with Crippen molar-refractivity contribution in [3.63, 3.8) is 0 Å². The molecule has 5 aliphatic rings. The van der Waals surface area contributed by atoms with Crippen LogP contribution in [0.15, 0.2) is 12.2 Å². The molecule has 4 saturated carbocycles. The second kappa shape index (κ2) is 5.87. The van der Waals surface area contributed by atoms with Crippen molar-refractivity contribution in [3.8, 4) is 0 Å². The quantitative estimate of drug-likeness (QED) is 0.426. The van der Waals surface area contributed by atoms with E-state index in [1.165, 1.54) is 0 Å². The van der Waals surface area contributed by atoms with Crippen molar-refractivity contribution >= 4 is 11.9 Å². The summed E-state index contributed by atoms with van der Waals surface area (Å²) in [6.07, 6.45) is 7.33. The summed E-state index contributed by atoms with van der Waals surface area (Å²) in [5, 5.41) is 10.1. The second-order valence-electron chi connectivity index (χ2n) is 11.1. The van der Waals surface area contributed by atoms with Crippen LogP contribution in [0.2, 0.25) is 0 Å². The molecule has 1 heterocycles. The van der Waals surface area contributed by atoms with Crippen LogP contribution in [0.1, 0.15) is 78.6 Å². The largest absolute Gasteiger partial charge is 0.481 e. The van der Waals surface area contributed by atoms with Gasteiger partial charge >= 0.3 is 11.9 Å². The van der Waals surface area contributed by atoms with Gasteiger partial charge in [-0.15, -0.1) is 0 Å². The van der Waals surface area contributed by atoms with Crippen molar-refractivity contribution in [1.29, 1.82) is 0 Å². The molecule has 0 aromatic rings. The molecule has 5 rings (SSSR count). The number of carbonyl (C=O) groups is 2. The smallest absolute Gasteiger partial charge is 0.309 e. The van der Waals surface area contributed by atoms with Crippen molar-refractivity contribution in [1.82, 2.24) is 0 Å². The molecule has 7 unspecified atom stereocenters. The van der Waals surface area contributed by atoms with Crippen LogP contribution in [0.25, 0.3) is 0 Å². The third-order valence-corrected chi connectivity index (χ3v) is 9.39. The van der Waals surface area contributed by atoms with Gasteiger partial charge in [-0.25, -0.2) is 0 Å². The maximum atomic E-state index is 12.6. The molecule has 1 aliphatic heterocycles. The average molecular weight is 403 g/mol. The fourth-order valence-corrected chi connectivity index (χ4v) is 8.14. The van der Waals surface area contributed by atoms with Gasteiger partial charge in [-0.1, -0.05) is 20.4 Å². The number of aliphatic carboxylic acids is 1. The summed E-state index contributed by atoms with van der Waals surface area (Å²) in [7, 11) is 0. The first-order chi connectivity index (χ1) is 13.6. The van der Waals surface area contributed by atoms with Crippen molar-refractivity contribution in [2.45, 2.75) is 95.9 Å². The van der Waals surface area contributed by atoms with E-state index in [1.54, 1.807) is 0 Å². The number of fused-ring (bicyclic) bond motifs is 1. The van der Waals surface area contributed by atoms with Crippen LogP contribution in [-0.4, -0.2) is 34.4 Å². The van der Waals surface area contributed by atoms with E-state index in [0.29, 0.717) is 12.3 Å². The Bertz CT molecular complexity index is 788. The number of carboxylic acids is 1. The first-order valence-corrected chi connectivity index (χ1v) is 11.4. The molecule has 5 nitrogen and oxygen atoms in total. The van der Waals surface area contributed by atoms with Crippen molar-refractivity contribution in [2.24, 2.45) is 28.6 Å². The summed E-state index contributed by atoms with van der Waals surface area (Å²) in [6.45, 7) is 10.4. The van der Waals surface area contributed by atoms with Gasteiger partial charge in [-0.3, -0.25) is 9.59 Å². The number of ether oxygens (including phenoxy) is 2. The molecule has 0 radical (unpaired) electrons. The van der Waals surface area contributed by atoms with Gasteiger partial charge in [0.15, 0.2) is 0 Å². The summed E-state index contributed by atoms with van der Waals surface area (Å²) in [6, 6.07) is 0. The Morgan fingerprint density at radius 1 is 1.24 bits per heavy atom. The summed E-state index contributed by atoms with van der Waals surface area (Å²) >= 11 is 0. The van der Waals surface area contributed by atoms with E-state index in [1.807, 2.05) is 20.8 Å². The molecular weight excluding hydrogens is 368 g/mol. The van der Waals surface area contributed by atoms with E-state index in [-0.39, 0.29) is 40.5 Å². The van der Waals surface area contributed by atoms with Crippen LogP contribution in [0.5, 0.6) is 0 Å². The highest BCUT2D eigenvalue weighted by Crippen LogP contribution is 2.81. The SMILES string of the molecule is C=C1C2CCC34OC35CCCC(C)(C(=O)O)C5CCC4(C2)C1OC(=O)CC(C)C. The van der Waals surface area contributed by atoms with Crippen molar-refractivity contribution < 1.29 is 24.2 Å². The molecule has 5 heteroatoms. The average Bonchev–Trinajstić information content (AvgIpc) is 3.24. The number of epoxide rings is 1. The van der Waals surface area contributed by atoms with Gasteiger partial charge in [0.25, 0.3) is 0 Å². The number of hydrogen-bond acceptors (Lipinski definition) is 4. The molecule has 7 atom stereocenters. The Morgan fingerprint density at radius 2 is 2.00 bits per heavy atom. The van der Waals surface area contributed by atoms with Gasteiger partial charge in [0.2, 0.25) is 0 Å². The molecule has 2 bridgehead atoms. The van der Waals surface area contributed by atoms with Gasteiger partial charge in [-0.05, 0) is 75.7 Å². The highest BCUT2D eigenvalue weighted by Gasteiger charge is 2.88. The van der Waals surface area contributed by atoms with Crippen LogP contribution in [0.4, 0.5) is 0 Å². The first-order valence-electron chi connectivity index (χ1n) is 11.4. The number of hydrogen-bond donors (Lipinski definition) is 1. The number of carboxylic acid groups (broad SMARTS) is 1. The van der Waals surface area contributed by atoms with E-state index in [0.717, 1.165) is 56.9 Å². The lowest BCUT2D eigenvalue weighted by molar-refractivity contribution is -0.163. The Labute approximate surface area is 173 Å². The fraction of sp³-hybridized carbons (Fsp3) is 0.833. The highest BCUT2D eigenvalue weighted by molar-refractivity contribution is 5.75. The number of esters is 1. The predicted octanol–water partition coefficient (Wildman–Crippen LogP) is 4.49. The van der Waals surface area contributed by atoms with E-state index in [2.05, 4.69) is 6.58 Å². The van der Waals surface area contributed by atoms with E-state index >= 15 is 0 Å². The van der Waals surface area contributed by atoms with Gasteiger partial charge in [0.05, 0.1) is 5.41 Å². The van der Waals surface area contributed by atoms with Gasteiger partial charge in [-0.2, -0.15) is 0 Å². The summed E-state index contributed by atoms with van der Waals surface area (Å²) in [5.74, 6) is -0.127. The Hall–Kier alpha value is -1.36. The molecule has 1 saturated heterocycles. The second-order valence-corrected chi connectivity index (χ2v) is 11.1. The van der Waals surface area contributed by atoms with Crippen LogP contribution in [0, 0.1) is 28.6 Å². The van der Waals surface area contributed by atoms with Crippen LogP contribution in [-0.2, 0) is 19.1 Å². The zero-order valence-electron chi connectivity index (χ0n) is 18.0. The van der Waals surface area contributed by atoms with E-state index in [4.69, 9.17) is 9.47 Å². The lowest BCUT2D eigenvalue weighted by Gasteiger charge is -2.53. The third kappa shape index (κ3) is 2.21. The van der Waals surface area contributed by atoms with Gasteiger partial charge in [0.1, 0.15) is 17.3 Å². The molecule has 0 amide bonds. The highest BCUT2D eigenvalue weighted by atomic mass is 16.6. The van der Waals surface area contributed by atoms with Crippen molar-refractivity contribution in [3.05, 3.63) is 12.2 Å². The number of rotatable bonds is 4. The zero-order chi connectivity index (χ0) is 20.8. The Kier molecular flexibility index (Phi) is 3.96. The minimum atomic E-state index is -0.723. The molecular formula is C24H34O5. The lowest BCUT2D eigenvalue weighted by atomic mass is 9.46. The Balaban J connectivity index is 1.52. The molecule has 0 aromatic heterocycles. The summed E-state index contributed by atoms with van der Waals surface area (Å²) in [4.78, 5) is 24.9. The predicted molar refractivity (Wildman–Crippen MR) is 107 cm³/mol. The molecule has 3 spiro atoms. The minimum Gasteiger partial charge on any atom is -0.481 e. The normalized spacial score (nSPS) is 49.8. The molecule has 29 heavy (non-hydrogen) atoms. The van der Waals surface area contributed by atoms with Crippen LogP contribution >= 0.6 is 0 Å². The van der Waals surface area contributed by atoms with Crippen molar-refractivity contribution in [2.75, 3.05) is 0 Å². The number of carbonyl (C=O) groups excluding carboxylic acids is 1. The molecule has 4 aliphatic carbocycles.